The molecule has 4 rings (SSSR count). The maximum Gasteiger partial charge on any atom is 0.325 e. The van der Waals surface area contributed by atoms with Crippen molar-refractivity contribution >= 4 is 40.1 Å². The molecule has 0 bridgehead atoms. The van der Waals surface area contributed by atoms with E-state index in [2.05, 4.69) is 15.2 Å². The van der Waals surface area contributed by atoms with Crippen molar-refractivity contribution < 1.29 is 29.3 Å². The number of H-pyrrole nitrogens is 1. The number of ether oxygens (including phenoxy) is 1. The maximum absolute atomic E-state index is 12.3. The van der Waals surface area contributed by atoms with E-state index < -0.39 is 23.9 Å². The Hall–Kier alpha value is -4.05. The van der Waals surface area contributed by atoms with Crippen LogP contribution in [0.25, 0.3) is 10.9 Å². The minimum absolute atomic E-state index is 0.120. The van der Waals surface area contributed by atoms with Crippen LogP contribution in [0, 0.1) is 0 Å². The second-order valence-corrected chi connectivity index (χ2v) is 8.38. The highest BCUT2D eigenvalue weighted by atomic mass is 16.5. The van der Waals surface area contributed by atoms with Crippen molar-refractivity contribution in [3.63, 3.8) is 0 Å². The molecule has 0 spiro atoms. The molecule has 2 aromatic carbocycles. The fourth-order valence-electron chi connectivity index (χ4n) is 4.49. The minimum Gasteiger partial charge on any atom is -0.495 e. The summed E-state index contributed by atoms with van der Waals surface area (Å²) in [6.45, 7) is 2.47. The smallest absolute Gasteiger partial charge is 0.325 e. The van der Waals surface area contributed by atoms with Gasteiger partial charge in [-0.1, -0.05) is 18.2 Å². The Morgan fingerprint density at radius 2 is 1.80 bits per heavy atom. The van der Waals surface area contributed by atoms with E-state index >= 15 is 0 Å². The number of amides is 1. The topological polar surface area (TPSA) is 135 Å². The summed E-state index contributed by atoms with van der Waals surface area (Å²) in [5, 5.41) is 22.3. The molecule has 0 aliphatic carbocycles. The van der Waals surface area contributed by atoms with E-state index in [0.29, 0.717) is 42.9 Å². The SMILES string of the molecule is COc1ccccc1N1CCN(C(C(=O)O)c2c[nH]c3cc(NC(=O)CCC(=O)O)ccc23)CC1. The summed E-state index contributed by atoms with van der Waals surface area (Å²) in [7, 11) is 1.64. The van der Waals surface area contributed by atoms with E-state index in [1.165, 1.54) is 0 Å². The summed E-state index contributed by atoms with van der Waals surface area (Å²) in [4.78, 5) is 42.2. The molecule has 1 amide bonds. The number of carbonyl (C=O) groups is 3. The second-order valence-electron chi connectivity index (χ2n) is 8.38. The molecular formula is C25H28N4O6. The molecule has 1 unspecified atom stereocenters. The van der Waals surface area contributed by atoms with E-state index in [9.17, 15) is 19.5 Å². The summed E-state index contributed by atoms with van der Waals surface area (Å²) in [6, 6.07) is 12.2. The van der Waals surface area contributed by atoms with E-state index in [0.717, 1.165) is 16.8 Å². The third kappa shape index (κ3) is 5.38. The van der Waals surface area contributed by atoms with Gasteiger partial charge in [0.05, 0.1) is 19.2 Å². The molecule has 1 aliphatic heterocycles. The predicted molar refractivity (Wildman–Crippen MR) is 131 cm³/mol. The predicted octanol–water partition coefficient (Wildman–Crippen LogP) is 2.93. The number of aromatic amines is 1. The number of benzene rings is 2. The fourth-order valence-corrected chi connectivity index (χ4v) is 4.49. The van der Waals surface area contributed by atoms with E-state index in [4.69, 9.17) is 9.84 Å². The zero-order valence-corrected chi connectivity index (χ0v) is 19.4. The van der Waals surface area contributed by atoms with Crippen LogP contribution >= 0.6 is 0 Å². The van der Waals surface area contributed by atoms with Gasteiger partial charge in [-0.05, 0) is 24.3 Å². The summed E-state index contributed by atoms with van der Waals surface area (Å²) in [6.07, 6.45) is 1.34. The van der Waals surface area contributed by atoms with Gasteiger partial charge in [0.1, 0.15) is 11.8 Å². The van der Waals surface area contributed by atoms with Crippen molar-refractivity contribution in [3.05, 3.63) is 54.2 Å². The molecule has 1 saturated heterocycles. The summed E-state index contributed by atoms with van der Waals surface area (Å²) >= 11 is 0. The van der Waals surface area contributed by atoms with Gasteiger partial charge in [0, 0.05) is 61.0 Å². The number of anilines is 2. The third-order valence-corrected chi connectivity index (χ3v) is 6.20. The maximum atomic E-state index is 12.3. The zero-order chi connectivity index (χ0) is 24.9. The number of fused-ring (bicyclic) bond motifs is 1. The molecule has 1 fully saturated rings. The molecule has 2 heterocycles. The minimum atomic E-state index is -1.03. The number of methoxy groups -OCH3 is 1. The molecule has 1 aromatic heterocycles. The number of hydrogen-bond acceptors (Lipinski definition) is 6. The molecule has 3 aromatic rings. The molecule has 0 radical (unpaired) electrons. The van der Waals surface area contributed by atoms with Crippen LogP contribution in [0.1, 0.15) is 24.4 Å². The van der Waals surface area contributed by atoms with E-state index in [1.54, 1.807) is 31.5 Å². The Kier molecular flexibility index (Phi) is 7.21. The van der Waals surface area contributed by atoms with Gasteiger partial charge in [0.15, 0.2) is 0 Å². The van der Waals surface area contributed by atoms with E-state index in [1.807, 2.05) is 29.2 Å². The molecule has 10 heteroatoms. The molecule has 1 atom stereocenters. The number of piperazine rings is 1. The van der Waals surface area contributed by atoms with Crippen molar-refractivity contribution in [1.29, 1.82) is 0 Å². The Morgan fingerprint density at radius 1 is 1.06 bits per heavy atom. The zero-order valence-electron chi connectivity index (χ0n) is 19.4. The molecule has 0 saturated carbocycles. The number of rotatable bonds is 9. The lowest BCUT2D eigenvalue weighted by Gasteiger charge is -2.39. The van der Waals surface area contributed by atoms with Crippen LogP contribution in [0.4, 0.5) is 11.4 Å². The van der Waals surface area contributed by atoms with Gasteiger partial charge in [-0.15, -0.1) is 0 Å². The number of nitrogens with one attached hydrogen (secondary N) is 2. The molecule has 1 aliphatic rings. The van der Waals surface area contributed by atoms with Crippen LogP contribution in [-0.4, -0.2) is 71.2 Å². The van der Waals surface area contributed by atoms with Crippen LogP contribution in [0.2, 0.25) is 0 Å². The molecular weight excluding hydrogens is 452 g/mol. The van der Waals surface area contributed by atoms with Crippen molar-refractivity contribution in [3.8, 4) is 5.75 Å². The quantitative estimate of drug-likeness (QED) is 0.367. The Morgan fingerprint density at radius 3 is 2.49 bits per heavy atom. The van der Waals surface area contributed by atoms with Gasteiger partial charge >= 0.3 is 11.9 Å². The van der Waals surface area contributed by atoms with Gasteiger partial charge in [0.25, 0.3) is 0 Å². The first-order valence-electron chi connectivity index (χ1n) is 11.3. The van der Waals surface area contributed by atoms with Crippen molar-refractivity contribution in [2.45, 2.75) is 18.9 Å². The number of carbonyl (C=O) groups excluding carboxylic acids is 1. The van der Waals surface area contributed by atoms with Gasteiger partial charge in [-0.25, -0.2) is 0 Å². The van der Waals surface area contributed by atoms with Gasteiger partial charge < -0.3 is 30.2 Å². The lowest BCUT2D eigenvalue weighted by Crippen LogP contribution is -2.49. The molecule has 4 N–H and O–H groups in total. The van der Waals surface area contributed by atoms with Gasteiger partial charge in [0.2, 0.25) is 5.91 Å². The standard InChI is InChI=1S/C25H28N4O6/c1-35-21-5-3-2-4-20(21)28-10-12-29(13-11-28)24(25(33)34)18-15-26-19-14-16(6-7-17(18)19)27-22(30)8-9-23(31)32/h2-7,14-15,24,26H,8-13H2,1H3,(H,27,30)(H,31,32)(H,33,34). The number of carboxylic acid groups (broad SMARTS) is 2. The number of nitrogens with zero attached hydrogens (tertiary/aromatic N) is 2. The van der Waals surface area contributed by atoms with Crippen LogP contribution in [0.3, 0.4) is 0 Å². The number of aliphatic carboxylic acids is 2. The largest absolute Gasteiger partial charge is 0.495 e. The fraction of sp³-hybridized carbons (Fsp3) is 0.320. The highest BCUT2D eigenvalue weighted by Crippen LogP contribution is 2.33. The normalized spacial score (nSPS) is 15.1. The highest BCUT2D eigenvalue weighted by Gasteiger charge is 2.32. The van der Waals surface area contributed by atoms with Gasteiger partial charge in [-0.3, -0.25) is 19.3 Å². The average molecular weight is 481 g/mol. The summed E-state index contributed by atoms with van der Waals surface area (Å²) in [5.41, 5.74) is 2.85. The monoisotopic (exact) mass is 480 g/mol. The summed E-state index contributed by atoms with van der Waals surface area (Å²) < 4.78 is 5.47. The number of carboxylic acids is 2. The molecule has 184 valence electrons. The number of aromatic nitrogens is 1. The van der Waals surface area contributed by atoms with Gasteiger partial charge in [-0.2, -0.15) is 0 Å². The highest BCUT2D eigenvalue weighted by molar-refractivity contribution is 5.96. The number of para-hydroxylation sites is 2. The Bertz CT molecular complexity index is 1230. The molecule has 10 nitrogen and oxygen atoms in total. The molecule has 35 heavy (non-hydrogen) atoms. The van der Waals surface area contributed by atoms with Crippen LogP contribution in [-0.2, 0) is 14.4 Å². The number of hydrogen-bond donors (Lipinski definition) is 4. The average Bonchev–Trinajstić information content (AvgIpc) is 3.26. The third-order valence-electron chi connectivity index (χ3n) is 6.20. The lowest BCUT2D eigenvalue weighted by atomic mass is 10.0. The first-order valence-corrected chi connectivity index (χ1v) is 11.3. The van der Waals surface area contributed by atoms with Crippen molar-refractivity contribution in [2.24, 2.45) is 0 Å². The van der Waals surface area contributed by atoms with Crippen LogP contribution in [0.5, 0.6) is 5.75 Å². The Balaban J connectivity index is 1.49. The first-order chi connectivity index (χ1) is 16.9. The van der Waals surface area contributed by atoms with Crippen molar-refractivity contribution in [1.82, 2.24) is 9.88 Å². The first kappa shape index (κ1) is 24.1. The van der Waals surface area contributed by atoms with Crippen LogP contribution in [0.15, 0.2) is 48.7 Å². The second kappa shape index (κ2) is 10.5. The Labute approximate surface area is 202 Å². The van der Waals surface area contributed by atoms with Crippen molar-refractivity contribution in [2.75, 3.05) is 43.5 Å². The van der Waals surface area contributed by atoms with E-state index in [-0.39, 0.29) is 12.8 Å². The summed E-state index contributed by atoms with van der Waals surface area (Å²) in [5.74, 6) is -1.57. The lowest BCUT2D eigenvalue weighted by molar-refractivity contribution is -0.143. The van der Waals surface area contributed by atoms with Crippen LogP contribution < -0.4 is 15.0 Å².